The van der Waals surface area contributed by atoms with E-state index >= 15 is 0 Å². The van der Waals surface area contributed by atoms with Crippen LogP contribution in [0.4, 0.5) is 5.69 Å². The van der Waals surface area contributed by atoms with Gasteiger partial charge in [0, 0.05) is 38.7 Å². The van der Waals surface area contributed by atoms with Crippen molar-refractivity contribution in [3.8, 4) is 0 Å². The maximum Gasteiger partial charge on any atom is 0.271 e. The van der Waals surface area contributed by atoms with Crippen LogP contribution in [-0.2, 0) is 6.54 Å². The quantitative estimate of drug-likeness (QED) is 0.806. The maximum absolute atomic E-state index is 12.3. The summed E-state index contributed by atoms with van der Waals surface area (Å²) in [6.07, 6.45) is 3.65. The summed E-state index contributed by atoms with van der Waals surface area (Å²) in [5.41, 5.74) is 4.49. The highest BCUT2D eigenvalue weighted by Crippen LogP contribution is 2.13. The zero-order chi connectivity index (χ0) is 16.4. The number of aromatic nitrogens is 2. The van der Waals surface area contributed by atoms with Gasteiger partial charge in [0.2, 0.25) is 0 Å². The van der Waals surface area contributed by atoms with Crippen molar-refractivity contribution in [3.63, 3.8) is 0 Å². The highest BCUT2D eigenvalue weighted by molar-refractivity contribution is 5.92. The van der Waals surface area contributed by atoms with Gasteiger partial charge in [-0.3, -0.25) is 4.79 Å². The van der Waals surface area contributed by atoms with Crippen LogP contribution in [0.3, 0.4) is 0 Å². The zero-order valence-corrected chi connectivity index (χ0v) is 13.6. The number of amides is 1. The van der Waals surface area contributed by atoms with Crippen LogP contribution in [0.2, 0.25) is 0 Å². The average molecular weight is 308 g/mol. The standard InChI is InChI=1S/C18H20N4O/c1-13-5-4-10-22-12-16(20-17(13)22)18(23)19-11-14-6-8-15(9-7-14)21(2)3/h4-10,12H,11H2,1-3H3,(H,19,23). The molecule has 0 saturated carbocycles. The second-order valence-corrected chi connectivity index (χ2v) is 5.79. The monoisotopic (exact) mass is 308 g/mol. The Kier molecular flexibility index (Phi) is 4.02. The molecule has 0 atom stereocenters. The fourth-order valence-corrected chi connectivity index (χ4v) is 2.45. The van der Waals surface area contributed by atoms with E-state index in [1.54, 1.807) is 6.20 Å². The first-order valence-electron chi connectivity index (χ1n) is 7.53. The van der Waals surface area contributed by atoms with Crippen LogP contribution in [0.5, 0.6) is 0 Å². The second-order valence-electron chi connectivity index (χ2n) is 5.79. The number of nitrogens with zero attached hydrogens (tertiary/aromatic N) is 3. The van der Waals surface area contributed by atoms with Gasteiger partial charge in [0.05, 0.1) is 0 Å². The molecule has 2 heterocycles. The van der Waals surface area contributed by atoms with E-state index in [1.807, 2.05) is 72.9 Å². The molecule has 118 valence electrons. The van der Waals surface area contributed by atoms with Crippen LogP contribution in [0.25, 0.3) is 5.65 Å². The van der Waals surface area contributed by atoms with E-state index in [0.717, 1.165) is 22.5 Å². The molecular weight excluding hydrogens is 288 g/mol. The van der Waals surface area contributed by atoms with Crippen LogP contribution in [0.15, 0.2) is 48.8 Å². The summed E-state index contributed by atoms with van der Waals surface area (Å²) < 4.78 is 1.87. The van der Waals surface area contributed by atoms with Crippen LogP contribution in [0, 0.1) is 6.92 Å². The summed E-state index contributed by atoms with van der Waals surface area (Å²) >= 11 is 0. The molecule has 0 saturated heterocycles. The lowest BCUT2D eigenvalue weighted by atomic mass is 10.2. The lowest BCUT2D eigenvalue weighted by Crippen LogP contribution is -2.23. The smallest absolute Gasteiger partial charge is 0.271 e. The van der Waals surface area contributed by atoms with Gasteiger partial charge in [-0.1, -0.05) is 18.2 Å². The minimum absolute atomic E-state index is 0.162. The number of nitrogens with one attached hydrogen (secondary N) is 1. The summed E-state index contributed by atoms with van der Waals surface area (Å²) in [5.74, 6) is -0.162. The number of rotatable bonds is 4. The molecule has 0 bridgehead atoms. The third kappa shape index (κ3) is 3.18. The maximum atomic E-state index is 12.3. The van der Waals surface area contributed by atoms with Gasteiger partial charge in [-0.2, -0.15) is 0 Å². The number of pyridine rings is 1. The Bertz CT molecular complexity index is 834. The first-order chi connectivity index (χ1) is 11.0. The van der Waals surface area contributed by atoms with Crippen molar-refractivity contribution in [2.45, 2.75) is 13.5 Å². The third-order valence-corrected chi connectivity index (χ3v) is 3.82. The summed E-state index contributed by atoms with van der Waals surface area (Å²) in [7, 11) is 4.00. The molecule has 1 N–H and O–H groups in total. The number of aryl methyl sites for hydroxylation is 1. The van der Waals surface area contributed by atoms with E-state index in [-0.39, 0.29) is 5.91 Å². The van der Waals surface area contributed by atoms with Gasteiger partial charge in [0.1, 0.15) is 11.3 Å². The number of imidazole rings is 1. The molecule has 0 aliphatic carbocycles. The van der Waals surface area contributed by atoms with Gasteiger partial charge < -0.3 is 14.6 Å². The molecule has 0 aliphatic rings. The Morgan fingerprint density at radius 1 is 1.22 bits per heavy atom. The number of hydrogen-bond acceptors (Lipinski definition) is 3. The van der Waals surface area contributed by atoms with Gasteiger partial charge in [0.25, 0.3) is 5.91 Å². The normalized spacial score (nSPS) is 10.7. The summed E-state index contributed by atoms with van der Waals surface area (Å²) in [6.45, 7) is 2.47. The lowest BCUT2D eigenvalue weighted by Gasteiger charge is -2.12. The van der Waals surface area contributed by atoms with Gasteiger partial charge in [0.15, 0.2) is 0 Å². The zero-order valence-electron chi connectivity index (χ0n) is 13.6. The summed E-state index contributed by atoms with van der Waals surface area (Å²) in [6, 6.07) is 12.0. The molecule has 5 heteroatoms. The summed E-state index contributed by atoms with van der Waals surface area (Å²) in [4.78, 5) is 18.7. The van der Waals surface area contributed by atoms with Crippen molar-refractivity contribution in [2.75, 3.05) is 19.0 Å². The van der Waals surface area contributed by atoms with Crippen LogP contribution in [0.1, 0.15) is 21.6 Å². The fraction of sp³-hybridized carbons (Fsp3) is 0.222. The SMILES string of the molecule is Cc1cccn2cc(C(=O)NCc3ccc(N(C)C)cc3)nc12. The summed E-state index contributed by atoms with van der Waals surface area (Å²) in [5, 5.41) is 2.92. The fourth-order valence-electron chi connectivity index (χ4n) is 2.45. The molecule has 0 spiro atoms. The highest BCUT2D eigenvalue weighted by atomic mass is 16.1. The molecule has 3 aromatic rings. The third-order valence-electron chi connectivity index (χ3n) is 3.82. The molecule has 5 nitrogen and oxygen atoms in total. The topological polar surface area (TPSA) is 49.6 Å². The number of fused-ring (bicyclic) bond motifs is 1. The van der Waals surface area contributed by atoms with Crippen molar-refractivity contribution >= 4 is 17.2 Å². The van der Waals surface area contributed by atoms with Crippen molar-refractivity contribution in [2.24, 2.45) is 0 Å². The van der Waals surface area contributed by atoms with Crippen molar-refractivity contribution < 1.29 is 4.79 Å². The number of benzene rings is 1. The predicted molar refractivity (Wildman–Crippen MR) is 91.9 cm³/mol. The minimum Gasteiger partial charge on any atom is -0.378 e. The Morgan fingerprint density at radius 2 is 1.96 bits per heavy atom. The molecule has 0 radical (unpaired) electrons. The van der Waals surface area contributed by atoms with Crippen LogP contribution in [-0.4, -0.2) is 29.4 Å². The molecule has 2 aromatic heterocycles. The van der Waals surface area contributed by atoms with Gasteiger partial charge >= 0.3 is 0 Å². The van der Waals surface area contributed by atoms with E-state index in [2.05, 4.69) is 10.3 Å². The molecule has 0 unspecified atom stereocenters. The van der Waals surface area contributed by atoms with Gasteiger partial charge in [-0.25, -0.2) is 4.98 Å². The number of carbonyl (C=O) groups excluding carboxylic acids is 1. The molecule has 23 heavy (non-hydrogen) atoms. The van der Waals surface area contributed by atoms with E-state index in [1.165, 1.54) is 0 Å². The van der Waals surface area contributed by atoms with Crippen LogP contribution < -0.4 is 10.2 Å². The molecule has 1 amide bonds. The second kappa shape index (κ2) is 6.12. The van der Waals surface area contributed by atoms with E-state index in [9.17, 15) is 4.79 Å². The van der Waals surface area contributed by atoms with Crippen LogP contribution >= 0.6 is 0 Å². The van der Waals surface area contributed by atoms with E-state index in [4.69, 9.17) is 0 Å². The van der Waals surface area contributed by atoms with E-state index in [0.29, 0.717) is 12.2 Å². The van der Waals surface area contributed by atoms with Gasteiger partial charge in [-0.05, 0) is 36.2 Å². The van der Waals surface area contributed by atoms with Gasteiger partial charge in [-0.15, -0.1) is 0 Å². The van der Waals surface area contributed by atoms with Crippen molar-refractivity contribution in [3.05, 3.63) is 65.6 Å². The molecule has 0 aliphatic heterocycles. The Labute approximate surface area is 135 Å². The number of carbonyl (C=O) groups is 1. The molecule has 0 fully saturated rings. The Balaban J connectivity index is 1.69. The highest BCUT2D eigenvalue weighted by Gasteiger charge is 2.11. The number of hydrogen-bond donors (Lipinski definition) is 1. The number of anilines is 1. The first-order valence-corrected chi connectivity index (χ1v) is 7.53. The van der Waals surface area contributed by atoms with Crippen molar-refractivity contribution in [1.29, 1.82) is 0 Å². The first kappa shape index (κ1) is 15.1. The molecule has 1 aromatic carbocycles. The lowest BCUT2D eigenvalue weighted by molar-refractivity contribution is 0.0946. The molecular formula is C18H20N4O. The average Bonchev–Trinajstić information content (AvgIpc) is 2.99. The minimum atomic E-state index is -0.162. The molecule has 3 rings (SSSR count). The predicted octanol–water partition coefficient (Wildman–Crippen LogP) is 2.64. The Hall–Kier alpha value is -2.82. The largest absolute Gasteiger partial charge is 0.378 e. The Morgan fingerprint density at radius 3 is 2.61 bits per heavy atom. The van der Waals surface area contributed by atoms with Crippen molar-refractivity contribution in [1.82, 2.24) is 14.7 Å². The van der Waals surface area contributed by atoms with E-state index < -0.39 is 0 Å².